The molecular weight excluding hydrogens is 465 g/mol. The van der Waals surface area contributed by atoms with Gasteiger partial charge in [-0.05, 0) is 24.3 Å². The summed E-state index contributed by atoms with van der Waals surface area (Å²) >= 11 is 5.62. The lowest BCUT2D eigenvalue weighted by Crippen LogP contribution is -2.42. The predicted octanol–water partition coefficient (Wildman–Crippen LogP) is 4.46. The molecule has 0 radical (unpaired) electrons. The zero-order valence-corrected chi connectivity index (χ0v) is 15.5. The van der Waals surface area contributed by atoms with Crippen LogP contribution in [0.15, 0.2) is 36.5 Å². The molecule has 0 aliphatic rings. The molecule has 0 saturated heterocycles. The fourth-order valence-electron chi connectivity index (χ4n) is 1.91. The van der Waals surface area contributed by atoms with Crippen molar-refractivity contribution in [3.63, 3.8) is 0 Å². The SMILES string of the molecule is O=C(NNc1ncc(C(F)(F)F)cc1Cl)NC(=O)c1cccc(OC(F)(F)C(F)F)c1. The summed E-state index contributed by atoms with van der Waals surface area (Å²) in [6, 6.07) is 2.98. The zero-order chi connectivity index (χ0) is 23.4. The molecule has 1 heterocycles. The standard InChI is InChI=1S/C16H10ClF7N4O3/c17-10-5-8(15(20,21)22)6-25-11(10)27-28-14(30)26-12(29)7-2-1-3-9(4-7)31-16(23,24)13(18)19/h1-6,13H,(H,25,27)(H2,26,28,29,30). The lowest BCUT2D eigenvalue weighted by molar-refractivity contribution is -0.253. The Hall–Kier alpha value is -3.29. The highest BCUT2D eigenvalue weighted by atomic mass is 35.5. The van der Waals surface area contributed by atoms with Gasteiger partial charge in [0.15, 0.2) is 5.82 Å². The lowest BCUT2D eigenvalue weighted by atomic mass is 10.2. The maximum atomic E-state index is 12.9. The van der Waals surface area contributed by atoms with E-state index in [-0.39, 0.29) is 5.82 Å². The Morgan fingerprint density at radius 1 is 1.10 bits per heavy atom. The van der Waals surface area contributed by atoms with Crippen LogP contribution in [-0.4, -0.2) is 29.5 Å². The third-order valence-electron chi connectivity index (χ3n) is 3.29. The van der Waals surface area contributed by atoms with E-state index in [1.807, 2.05) is 5.43 Å². The number of halogens is 8. The first-order chi connectivity index (χ1) is 14.3. The number of alkyl halides is 7. The monoisotopic (exact) mass is 474 g/mol. The van der Waals surface area contributed by atoms with Gasteiger partial charge in [0.1, 0.15) is 5.75 Å². The number of urea groups is 1. The second-order valence-corrected chi connectivity index (χ2v) is 5.99. The van der Waals surface area contributed by atoms with E-state index in [9.17, 15) is 40.3 Å². The number of aromatic nitrogens is 1. The van der Waals surface area contributed by atoms with Crippen molar-refractivity contribution < 1.29 is 45.1 Å². The molecule has 3 amide bonds. The molecule has 7 nitrogen and oxygen atoms in total. The molecular formula is C16H10ClF7N4O3. The summed E-state index contributed by atoms with van der Waals surface area (Å²) in [5, 5.41) is 1.25. The molecule has 168 valence electrons. The summed E-state index contributed by atoms with van der Waals surface area (Å²) in [7, 11) is 0. The van der Waals surface area contributed by atoms with E-state index >= 15 is 0 Å². The third kappa shape index (κ3) is 6.60. The van der Waals surface area contributed by atoms with Crippen molar-refractivity contribution in [3.8, 4) is 5.75 Å². The summed E-state index contributed by atoms with van der Waals surface area (Å²) < 4.78 is 91.7. The van der Waals surface area contributed by atoms with Gasteiger partial charge in [-0.2, -0.15) is 30.7 Å². The minimum absolute atomic E-state index is 0.373. The number of ether oxygens (including phenoxy) is 1. The number of imide groups is 1. The second kappa shape index (κ2) is 9.24. The number of nitrogens with zero attached hydrogens (tertiary/aromatic N) is 1. The maximum absolute atomic E-state index is 12.9. The van der Waals surface area contributed by atoms with Crippen molar-refractivity contribution in [2.45, 2.75) is 18.7 Å². The van der Waals surface area contributed by atoms with Crippen LogP contribution in [0.2, 0.25) is 5.02 Å². The first-order valence-corrected chi connectivity index (χ1v) is 8.22. The molecule has 0 saturated carbocycles. The van der Waals surface area contributed by atoms with Crippen LogP contribution in [0.5, 0.6) is 5.75 Å². The van der Waals surface area contributed by atoms with Crippen LogP contribution in [-0.2, 0) is 6.18 Å². The Morgan fingerprint density at radius 3 is 2.35 bits per heavy atom. The van der Waals surface area contributed by atoms with Crippen LogP contribution in [0.1, 0.15) is 15.9 Å². The maximum Gasteiger partial charge on any atom is 0.461 e. The molecule has 3 N–H and O–H groups in total. The van der Waals surface area contributed by atoms with E-state index in [1.165, 1.54) is 0 Å². The van der Waals surface area contributed by atoms with Gasteiger partial charge in [0.25, 0.3) is 5.91 Å². The summed E-state index contributed by atoms with van der Waals surface area (Å²) in [5.41, 5.74) is 2.40. The summed E-state index contributed by atoms with van der Waals surface area (Å²) in [6.45, 7) is 0. The van der Waals surface area contributed by atoms with E-state index in [0.717, 1.165) is 18.2 Å². The van der Waals surface area contributed by atoms with Crippen LogP contribution in [0.4, 0.5) is 41.3 Å². The Labute approximate surface area is 173 Å². The zero-order valence-electron chi connectivity index (χ0n) is 14.7. The predicted molar refractivity (Wildman–Crippen MR) is 91.9 cm³/mol. The molecule has 2 aromatic rings. The second-order valence-electron chi connectivity index (χ2n) is 5.58. The lowest BCUT2D eigenvalue weighted by Gasteiger charge is -2.17. The minimum Gasteiger partial charge on any atom is -0.428 e. The number of benzene rings is 1. The molecule has 0 unspecified atom stereocenters. The van der Waals surface area contributed by atoms with Crippen LogP contribution < -0.4 is 20.9 Å². The van der Waals surface area contributed by atoms with Crippen LogP contribution in [0, 0.1) is 0 Å². The number of carbonyl (C=O) groups is 2. The molecule has 31 heavy (non-hydrogen) atoms. The minimum atomic E-state index is -4.80. The van der Waals surface area contributed by atoms with Gasteiger partial charge < -0.3 is 4.74 Å². The van der Waals surface area contributed by atoms with E-state index < -0.39 is 52.5 Å². The van der Waals surface area contributed by atoms with Gasteiger partial charge >= 0.3 is 24.7 Å². The smallest absolute Gasteiger partial charge is 0.428 e. The fraction of sp³-hybridized carbons (Fsp3) is 0.188. The van der Waals surface area contributed by atoms with Crippen molar-refractivity contribution >= 4 is 29.4 Å². The number of nitrogens with one attached hydrogen (secondary N) is 3. The van der Waals surface area contributed by atoms with E-state index in [1.54, 1.807) is 5.32 Å². The number of hydrazine groups is 1. The average molecular weight is 475 g/mol. The van der Waals surface area contributed by atoms with Gasteiger partial charge in [0, 0.05) is 11.8 Å². The van der Waals surface area contributed by atoms with Crippen molar-refractivity contribution in [2.75, 3.05) is 5.43 Å². The highest BCUT2D eigenvalue weighted by Gasteiger charge is 2.44. The Morgan fingerprint density at radius 2 is 1.77 bits per heavy atom. The molecule has 0 bridgehead atoms. The molecule has 0 aliphatic carbocycles. The number of pyridine rings is 1. The number of rotatable bonds is 6. The molecule has 2 rings (SSSR count). The summed E-state index contributed by atoms with van der Waals surface area (Å²) in [5.74, 6) is -2.28. The van der Waals surface area contributed by atoms with Crippen molar-refractivity contribution in [1.29, 1.82) is 0 Å². The molecule has 1 aromatic heterocycles. The highest BCUT2D eigenvalue weighted by molar-refractivity contribution is 6.33. The Bertz CT molecular complexity index is 972. The Balaban J connectivity index is 1.97. The third-order valence-corrected chi connectivity index (χ3v) is 3.58. The van der Waals surface area contributed by atoms with Crippen LogP contribution in [0.3, 0.4) is 0 Å². The molecule has 0 aliphatic heterocycles. The molecule has 0 atom stereocenters. The van der Waals surface area contributed by atoms with Gasteiger partial charge in [-0.1, -0.05) is 17.7 Å². The largest absolute Gasteiger partial charge is 0.461 e. The van der Waals surface area contributed by atoms with E-state index in [4.69, 9.17) is 11.6 Å². The summed E-state index contributed by atoms with van der Waals surface area (Å²) in [4.78, 5) is 27.1. The summed E-state index contributed by atoms with van der Waals surface area (Å²) in [6.07, 6.45) is -13.2. The quantitative estimate of drug-likeness (QED) is 0.425. The van der Waals surface area contributed by atoms with Gasteiger partial charge in [0.05, 0.1) is 10.6 Å². The van der Waals surface area contributed by atoms with Crippen molar-refractivity contribution in [3.05, 3.63) is 52.7 Å². The molecule has 0 spiro atoms. The first kappa shape index (κ1) is 24.0. The highest BCUT2D eigenvalue weighted by Crippen LogP contribution is 2.32. The number of anilines is 1. The van der Waals surface area contributed by atoms with Crippen LogP contribution in [0.25, 0.3) is 0 Å². The van der Waals surface area contributed by atoms with Gasteiger partial charge in [-0.25, -0.2) is 15.2 Å². The first-order valence-electron chi connectivity index (χ1n) is 7.84. The fourth-order valence-corrected chi connectivity index (χ4v) is 2.12. The molecule has 1 aromatic carbocycles. The van der Waals surface area contributed by atoms with E-state index in [2.05, 4.69) is 15.1 Å². The average Bonchev–Trinajstić information content (AvgIpc) is 2.66. The topological polar surface area (TPSA) is 92.4 Å². The van der Waals surface area contributed by atoms with Crippen molar-refractivity contribution in [2.24, 2.45) is 0 Å². The number of hydrogen-bond donors (Lipinski definition) is 3. The van der Waals surface area contributed by atoms with Gasteiger partial charge in [-0.15, -0.1) is 0 Å². The van der Waals surface area contributed by atoms with E-state index in [0.29, 0.717) is 18.3 Å². The van der Waals surface area contributed by atoms with Gasteiger partial charge in [-0.3, -0.25) is 15.5 Å². The number of carbonyl (C=O) groups excluding carboxylic acids is 2. The molecule has 15 heteroatoms. The molecule has 0 fully saturated rings. The Kier molecular flexibility index (Phi) is 7.15. The normalized spacial score (nSPS) is 11.8. The van der Waals surface area contributed by atoms with Gasteiger partial charge in [0.2, 0.25) is 0 Å². The number of hydrogen-bond acceptors (Lipinski definition) is 5. The number of amides is 3. The van der Waals surface area contributed by atoms with Crippen LogP contribution >= 0.6 is 11.6 Å². The van der Waals surface area contributed by atoms with Crippen molar-refractivity contribution in [1.82, 2.24) is 15.7 Å².